The van der Waals surface area contributed by atoms with Crippen LogP contribution >= 0.6 is 0 Å². The van der Waals surface area contributed by atoms with Crippen LogP contribution in [0.3, 0.4) is 0 Å². The van der Waals surface area contributed by atoms with E-state index in [1.165, 1.54) is 35.2 Å². The van der Waals surface area contributed by atoms with Crippen LogP contribution < -0.4 is 9.62 Å². The van der Waals surface area contributed by atoms with Gasteiger partial charge in [-0.05, 0) is 37.3 Å². The van der Waals surface area contributed by atoms with E-state index in [1.54, 1.807) is 18.2 Å². The van der Waals surface area contributed by atoms with Crippen LogP contribution in [-0.2, 0) is 14.8 Å². The third-order valence-electron chi connectivity index (χ3n) is 3.90. The van der Waals surface area contributed by atoms with Crippen LogP contribution in [-0.4, -0.2) is 26.9 Å². The monoisotopic (exact) mass is 348 g/mol. The minimum absolute atomic E-state index is 0.0433. The van der Waals surface area contributed by atoms with Gasteiger partial charge in [0.05, 0.1) is 4.90 Å². The molecular weight excluding hydrogens is 331 g/mol. The Balaban J connectivity index is 1.75. The summed E-state index contributed by atoms with van der Waals surface area (Å²) in [5.41, 5.74) is 1.39. The fourth-order valence-corrected chi connectivity index (χ4v) is 3.91. The van der Waals surface area contributed by atoms with Gasteiger partial charge >= 0.3 is 0 Å². The molecular formula is C17H17FN2O3S. The molecule has 24 heavy (non-hydrogen) atoms. The molecule has 1 unspecified atom stereocenters. The number of aryl methyl sites for hydroxylation is 1. The van der Waals surface area contributed by atoms with Crippen molar-refractivity contribution >= 4 is 21.6 Å². The van der Waals surface area contributed by atoms with E-state index in [9.17, 15) is 17.6 Å². The second-order valence-electron chi connectivity index (χ2n) is 5.82. The first kappa shape index (κ1) is 16.6. The normalized spacial score (nSPS) is 18.2. The van der Waals surface area contributed by atoms with Gasteiger partial charge in [-0.2, -0.15) is 0 Å². The number of anilines is 1. The fraction of sp³-hybridized carbons (Fsp3) is 0.235. The number of amides is 1. The number of rotatable bonds is 4. The van der Waals surface area contributed by atoms with E-state index in [2.05, 4.69) is 4.72 Å². The standard InChI is InChI=1S/C17H17FN2O3S/c1-12-5-7-16(8-6-12)24(22,23)19-14-10-17(21)20(11-14)15-4-2-3-13(18)9-15/h2-9,14,19H,10-11H2,1H3. The molecule has 1 fully saturated rings. The number of nitrogens with zero attached hydrogens (tertiary/aromatic N) is 1. The molecule has 0 aliphatic carbocycles. The summed E-state index contributed by atoms with van der Waals surface area (Å²) in [6.07, 6.45) is 0.0433. The molecule has 0 aromatic heterocycles. The number of carbonyl (C=O) groups excluding carboxylic acids is 1. The summed E-state index contributed by atoms with van der Waals surface area (Å²) in [7, 11) is -3.70. The highest BCUT2D eigenvalue weighted by atomic mass is 32.2. The number of hydrogen-bond donors (Lipinski definition) is 1. The summed E-state index contributed by atoms with van der Waals surface area (Å²) < 4.78 is 40.7. The van der Waals surface area contributed by atoms with Crippen LogP contribution in [0, 0.1) is 12.7 Å². The van der Waals surface area contributed by atoms with Crippen molar-refractivity contribution < 1.29 is 17.6 Å². The topological polar surface area (TPSA) is 66.5 Å². The smallest absolute Gasteiger partial charge is 0.240 e. The molecule has 0 spiro atoms. The second-order valence-corrected chi connectivity index (χ2v) is 7.53. The molecule has 0 radical (unpaired) electrons. The van der Waals surface area contributed by atoms with Crippen molar-refractivity contribution in [3.63, 3.8) is 0 Å². The first-order chi connectivity index (χ1) is 11.3. The van der Waals surface area contributed by atoms with Gasteiger partial charge in [0.1, 0.15) is 5.82 Å². The molecule has 2 aromatic rings. The van der Waals surface area contributed by atoms with Crippen LogP contribution in [0.25, 0.3) is 0 Å². The molecule has 2 aromatic carbocycles. The highest BCUT2D eigenvalue weighted by molar-refractivity contribution is 7.89. The minimum Gasteiger partial charge on any atom is -0.311 e. The van der Waals surface area contributed by atoms with Gasteiger partial charge in [0.25, 0.3) is 0 Å². The van der Waals surface area contributed by atoms with Gasteiger partial charge in [0.2, 0.25) is 15.9 Å². The second kappa shape index (κ2) is 6.33. The molecule has 126 valence electrons. The van der Waals surface area contributed by atoms with Crippen LogP contribution in [0.5, 0.6) is 0 Å². The molecule has 3 rings (SSSR count). The maximum Gasteiger partial charge on any atom is 0.240 e. The Labute approximate surface area is 140 Å². The molecule has 1 amide bonds. The molecule has 5 nitrogen and oxygen atoms in total. The van der Waals surface area contributed by atoms with Crippen molar-refractivity contribution in [2.45, 2.75) is 24.3 Å². The maximum absolute atomic E-state index is 13.3. The average Bonchev–Trinajstić information content (AvgIpc) is 2.87. The lowest BCUT2D eigenvalue weighted by molar-refractivity contribution is -0.117. The Morgan fingerprint density at radius 3 is 2.54 bits per heavy atom. The van der Waals surface area contributed by atoms with Gasteiger partial charge < -0.3 is 4.90 Å². The van der Waals surface area contributed by atoms with E-state index in [-0.39, 0.29) is 23.8 Å². The van der Waals surface area contributed by atoms with Gasteiger partial charge in [-0.1, -0.05) is 23.8 Å². The molecule has 1 atom stereocenters. The van der Waals surface area contributed by atoms with Crippen molar-refractivity contribution in [2.24, 2.45) is 0 Å². The Hall–Kier alpha value is -2.25. The summed E-state index contributed by atoms with van der Waals surface area (Å²) >= 11 is 0. The van der Waals surface area contributed by atoms with Crippen molar-refractivity contribution in [3.05, 3.63) is 59.9 Å². The summed E-state index contributed by atoms with van der Waals surface area (Å²) in [6, 6.07) is 11.6. The molecule has 0 bridgehead atoms. The van der Waals surface area contributed by atoms with Crippen molar-refractivity contribution in [2.75, 3.05) is 11.4 Å². The van der Waals surface area contributed by atoms with Gasteiger partial charge in [0.15, 0.2) is 0 Å². The highest BCUT2D eigenvalue weighted by Crippen LogP contribution is 2.23. The predicted octanol–water partition coefficient (Wildman–Crippen LogP) is 2.22. The number of carbonyl (C=O) groups is 1. The Kier molecular flexibility index (Phi) is 4.38. The van der Waals surface area contributed by atoms with Gasteiger partial charge in [-0.15, -0.1) is 0 Å². The number of nitrogens with one attached hydrogen (secondary N) is 1. The van der Waals surface area contributed by atoms with E-state index < -0.39 is 21.9 Å². The first-order valence-corrected chi connectivity index (χ1v) is 8.98. The summed E-state index contributed by atoms with van der Waals surface area (Å²) in [5.74, 6) is -0.679. The third-order valence-corrected chi connectivity index (χ3v) is 5.43. The van der Waals surface area contributed by atoms with Crippen LogP contribution in [0.1, 0.15) is 12.0 Å². The molecule has 1 saturated heterocycles. The summed E-state index contributed by atoms with van der Waals surface area (Å²) in [6.45, 7) is 2.05. The third kappa shape index (κ3) is 3.47. The van der Waals surface area contributed by atoms with E-state index in [4.69, 9.17) is 0 Å². The highest BCUT2D eigenvalue weighted by Gasteiger charge is 2.33. The Bertz CT molecular complexity index is 866. The van der Waals surface area contributed by atoms with Crippen LogP contribution in [0.15, 0.2) is 53.4 Å². The molecule has 1 aliphatic heterocycles. The molecule has 7 heteroatoms. The van der Waals surface area contributed by atoms with Crippen LogP contribution in [0.2, 0.25) is 0 Å². The lowest BCUT2D eigenvalue weighted by atomic mass is 10.2. The average molecular weight is 348 g/mol. The molecule has 1 aliphatic rings. The number of sulfonamides is 1. The SMILES string of the molecule is Cc1ccc(S(=O)(=O)NC2CC(=O)N(c3cccc(F)c3)C2)cc1. The lowest BCUT2D eigenvalue weighted by Gasteiger charge is -2.17. The Morgan fingerprint density at radius 2 is 1.88 bits per heavy atom. The molecule has 1 heterocycles. The van der Waals surface area contributed by atoms with Gasteiger partial charge in [-0.25, -0.2) is 17.5 Å². The maximum atomic E-state index is 13.3. The lowest BCUT2D eigenvalue weighted by Crippen LogP contribution is -2.37. The van der Waals surface area contributed by atoms with E-state index in [0.717, 1.165) is 5.56 Å². The van der Waals surface area contributed by atoms with Crippen molar-refractivity contribution in [1.29, 1.82) is 0 Å². The molecule has 1 N–H and O–H groups in total. The molecule has 0 saturated carbocycles. The number of halogens is 1. The Morgan fingerprint density at radius 1 is 1.17 bits per heavy atom. The van der Waals surface area contributed by atoms with E-state index in [1.807, 2.05) is 6.92 Å². The van der Waals surface area contributed by atoms with Gasteiger partial charge in [-0.3, -0.25) is 4.79 Å². The summed E-state index contributed by atoms with van der Waals surface area (Å²) in [5, 5.41) is 0. The zero-order chi connectivity index (χ0) is 17.3. The first-order valence-electron chi connectivity index (χ1n) is 7.50. The minimum atomic E-state index is -3.70. The number of benzene rings is 2. The van der Waals surface area contributed by atoms with E-state index in [0.29, 0.717) is 5.69 Å². The fourth-order valence-electron chi connectivity index (χ4n) is 2.68. The zero-order valence-corrected chi connectivity index (χ0v) is 13.9. The van der Waals surface area contributed by atoms with E-state index >= 15 is 0 Å². The largest absolute Gasteiger partial charge is 0.311 e. The number of hydrogen-bond acceptors (Lipinski definition) is 3. The van der Waals surface area contributed by atoms with Crippen LogP contribution in [0.4, 0.5) is 10.1 Å². The van der Waals surface area contributed by atoms with Crippen molar-refractivity contribution in [1.82, 2.24) is 4.72 Å². The van der Waals surface area contributed by atoms with Gasteiger partial charge in [0, 0.05) is 24.7 Å². The quantitative estimate of drug-likeness (QED) is 0.921. The van der Waals surface area contributed by atoms with Crippen molar-refractivity contribution in [3.8, 4) is 0 Å². The summed E-state index contributed by atoms with van der Waals surface area (Å²) in [4.78, 5) is 13.7. The predicted molar refractivity (Wildman–Crippen MR) is 88.7 cm³/mol. The zero-order valence-electron chi connectivity index (χ0n) is 13.1.